The number of dihydropyridines is 1. The van der Waals surface area contributed by atoms with Gasteiger partial charge in [-0.2, -0.15) is 13.2 Å². The Morgan fingerprint density at radius 1 is 1.22 bits per heavy atom. The number of nitrogens with one attached hydrogen (secondary N) is 1. The molecule has 5 nitrogen and oxygen atoms in total. The van der Waals surface area contributed by atoms with Gasteiger partial charge in [0.2, 0.25) is 0 Å². The van der Waals surface area contributed by atoms with Crippen molar-refractivity contribution < 1.29 is 32.2 Å². The van der Waals surface area contributed by atoms with Crippen LogP contribution in [0.4, 0.5) is 13.2 Å². The fraction of sp³-hybridized carbons (Fsp3) is 0.357. The number of halogens is 3. The number of alkyl halides is 3. The number of ether oxygens (including phenoxy) is 2. The van der Waals surface area contributed by atoms with Crippen molar-refractivity contribution in [3.05, 3.63) is 87.8 Å². The molecular formula is C28H28F3NO4S. The van der Waals surface area contributed by atoms with Crippen molar-refractivity contribution in [2.45, 2.75) is 55.9 Å². The first kappa shape index (κ1) is 26.9. The number of hydrogen-bond acceptors (Lipinski definition) is 6. The SMILES string of the molecule is CCCCOC(=O)C1=C(C)NC2=C(C(=O)OC2)C1c1ccccc1SC(C)c1cccc(C(F)(F)F)c1. The van der Waals surface area contributed by atoms with Crippen molar-refractivity contribution in [2.24, 2.45) is 0 Å². The number of thioether (sulfide) groups is 1. The molecule has 2 aromatic rings. The van der Waals surface area contributed by atoms with Gasteiger partial charge in [-0.3, -0.25) is 0 Å². The Balaban J connectivity index is 1.73. The molecule has 2 aliphatic rings. The highest BCUT2D eigenvalue weighted by molar-refractivity contribution is 7.99. The zero-order chi connectivity index (χ0) is 26.7. The van der Waals surface area contributed by atoms with E-state index in [4.69, 9.17) is 9.47 Å². The van der Waals surface area contributed by atoms with Gasteiger partial charge in [-0.15, -0.1) is 11.8 Å². The highest BCUT2D eigenvalue weighted by atomic mass is 32.2. The molecule has 4 rings (SSSR count). The van der Waals surface area contributed by atoms with E-state index in [2.05, 4.69) is 5.32 Å². The second-order valence-corrected chi connectivity index (χ2v) is 10.4. The molecule has 2 aromatic carbocycles. The van der Waals surface area contributed by atoms with Crippen LogP contribution in [0.5, 0.6) is 0 Å². The van der Waals surface area contributed by atoms with E-state index in [0.29, 0.717) is 40.1 Å². The number of allylic oxidation sites excluding steroid dienone is 1. The van der Waals surface area contributed by atoms with E-state index in [9.17, 15) is 22.8 Å². The van der Waals surface area contributed by atoms with Crippen LogP contribution < -0.4 is 5.32 Å². The summed E-state index contributed by atoms with van der Waals surface area (Å²) in [6.07, 6.45) is -2.86. The van der Waals surface area contributed by atoms with Gasteiger partial charge in [-0.1, -0.05) is 49.7 Å². The van der Waals surface area contributed by atoms with Gasteiger partial charge in [0.25, 0.3) is 0 Å². The van der Waals surface area contributed by atoms with Crippen molar-refractivity contribution in [3.63, 3.8) is 0 Å². The minimum atomic E-state index is -4.44. The average molecular weight is 532 g/mol. The van der Waals surface area contributed by atoms with Gasteiger partial charge in [-0.25, -0.2) is 9.59 Å². The predicted molar refractivity (Wildman–Crippen MR) is 135 cm³/mol. The normalized spacial score (nSPS) is 18.3. The third-order valence-electron chi connectivity index (χ3n) is 6.38. The molecule has 2 unspecified atom stereocenters. The number of carbonyl (C=O) groups excluding carboxylic acids is 2. The molecule has 0 fully saturated rings. The molecule has 0 radical (unpaired) electrons. The second-order valence-electron chi connectivity index (χ2n) is 8.98. The number of carbonyl (C=O) groups is 2. The lowest BCUT2D eigenvalue weighted by molar-refractivity contribution is -0.140. The maximum Gasteiger partial charge on any atom is 0.416 e. The van der Waals surface area contributed by atoms with Crippen LogP contribution >= 0.6 is 11.8 Å². The molecule has 1 N–H and O–H groups in total. The molecule has 9 heteroatoms. The lowest BCUT2D eigenvalue weighted by atomic mass is 9.81. The van der Waals surface area contributed by atoms with Gasteiger partial charge in [0.05, 0.1) is 34.9 Å². The van der Waals surface area contributed by atoms with E-state index >= 15 is 0 Å². The lowest BCUT2D eigenvalue weighted by Gasteiger charge is -2.29. The van der Waals surface area contributed by atoms with Crippen LogP contribution in [0.15, 0.2) is 76.0 Å². The first-order valence-electron chi connectivity index (χ1n) is 12.1. The molecule has 2 aliphatic heterocycles. The fourth-order valence-electron chi connectivity index (χ4n) is 4.49. The van der Waals surface area contributed by atoms with Crippen molar-refractivity contribution >= 4 is 23.7 Å². The maximum atomic E-state index is 13.3. The fourth-order valence-corrected chi connectivity index (χ4v) is 5.63. The summed E-state index contributed by atoms with van der Waals surface area (Å²) in [5.41, 5.74) is 2.37. The van der Waals surface area contributed by atoms with E-state index in [-0.39, 0.29) is 18.5 Å². The van der Waals surface area contributed by atoms with Gasteiger partial charge >= 0.3 is 18.1 Å². The highest BCUT2D eigenvalue weighted by Gasteiger charge is 2.42. The summed E-state index contributed by atoms with van der Waals surface area (Å²) in [7, 11) is 0. The Morgan fingerprint density at radius 3 is 2.70 bits per heavy atom. The Morgan fingerprint density at radius 2 is 1.97 bits per heavy atom. The summed E-state index contributed by atoms with van der Waals surface area (Å²) in [5, 5.41) is 2.80. The van der Waals surface area contributed by atoms with Gasteiger partial charge in [-0.05, 0) is 43.5 Å². The largest absolute Gasteiger partial charge is 0.462 e. The molecule has 0 bridgehead atoms. The summed E-state index contributed by atoms with van der Waals surface area (Å²) in [4.78, 5) is 26.8. The summed E-state index contributed by atoms with van der Waals surface area (Å²) < 4.78 is 50.7. The Hall–Kier alpha value is -3.20. The van der Waals surface area contributed by atoms with Crippen molar-refractivity contribution in [3.8, 4) is 0 Å². The molecular weight excluding hydrogens is 503 g/mol. The smallest absolute Gasteiger partial charge is 0.416 e. The van der Waals surface area contributed by atoms with E-state index in [1.807, 2.05) is 38.1 Å². The summed E-state index contributed by atoms with van der Waals surface area (Å²) in [5.74, 6) is -1.75. The highest BCUT2D eigenvalue weighted by Crippen LogP contribution is 2.47. The summed E-state index contributed by atoms with van der Waals surface area (Å²) in [6, 6.07) is 12.6. The lowest BCUT2D eigenvalue weighted by Crippen LogP contribution is -2.30. The standard InChI is InChI=1S/C28H28F3NO4S/c1-4-5-13-35-26(33)23-16(2)32-21-15-36-27(34)25(21)24(23)20-11-6-7-12-22(20)37-17(3)18-9-8-10-19(14-18)28(29,30)31/h6-12,14,17,24,32H,4-5,13,15H2,1-3H3. The predicted octanol–water partition coefficient (Wildman–Crippen LogP) is 6.67. The molecule has 0 aliphatic carbocycles. The molecule has 2 atom stereocenters. The molecule has 37 heavy (non-hydrogen) atoms. The minimum absolute atomic E-state index is 0.0795. The van der Waals surface area contributed by atoms with E-state index in [1.165, 1.54) is 17.8 Å². The second kappa shape index (κ2) is 11.0. The quantitative estimate of drug-likeness (QED) is 0.233. The van der Waals surface area contributed by atoms with Crippen LogP contribution in [0, 0.1) is 0 Å². The monoisotopic (exact) mass is 531 g/mol. The van der Waals surface area contributed by atoms with Crippen LogP contribution in [0.2, 0.25) is 0 Å². The van der Waals surface area contributed by atoms with Crippen molar-refractivity contribution in [1.82, 2.24) is 5.32 Å². The average Bonchev–Trinajstić information content (AvgIpc) is 3.23. The van der Waals surface area contributed by atoms with Crippen molar-refractivity contribution in [1.29, 1.82) is 0 Å². The Kier molecular flexibility index (Phi) is 8.02. The zero-order valence-electron chi connectivity index (χ0n) is 20.8. The van der Waals surface area contributed by atoms with Crippen LogP contribution in [0.3, 0.4) is 0 Å². The number of hydrogen-bond donors (Lipinski definition) is 1. The van der Waals surface area contributed by atoms with Gasteiger partial charge in [0.15, 0.2) is 0 Å². The molecule has 0 saturated heterocycles. The van der Waals surface area contributed by atoms with Gasteiger partial charge in [0.1, 0.15) is 6.61 Å². The van der Waals surface area contributed by atoms with Gasteiger partial charge < -0.3 is 14.8 Å². The number of esters is 2. The van der Waals surface area contributed by atoms with Crippen LogP contribution in [0.25, 0.3) is 0 Å². The zero-order valence-corrected chi connectivity index (χ0v) is 21.6. The third-order valence-corrected chi connectivity index (χ3v) is 7.63. The number of unbranched alkanes of at least 4 members (excludes halogenated alkanes) is 1. The number of benzene rings is 2. The molecule has 196 valence electrons. The Bertz CT molecular complexity index is 1270. The first-order chi connectivity index (χ1) is 17.6. The van der Waals surface area contributed by atoms with Crippen LogP contribution in [-0.4, -0.2) is 25.2 Å². The molecule has 2 heterocycles. The molecule has 0 spiro atoms. The van der Waals surface area contributed by atoms with Crippen LogP contribution in [0.1, 0.15) is 61.5 Å². The first-order valence-corrected chi connectivity index (χ1v) is 13.0. The molecule has 0 saturated carbocycles. The molecule has 0 aromatic heterocycles. The van der Waals surface area contributed by atoms with Crippen molar-refractivity contribution in [2.75, 3.05) is 13.2 Å². The summed E-state index contributed by atoms with van der Waals surface area (Å²) in [6.45, 7) is 5.92. The van der Waals surface area contributed by atoms with Crippen LogP contribution in [-0.2, 0) is 25.2 Å². The Labute approximate surface area is 218 Å². The molecule has 0 amide bonds. The topological polar surface area (TPSA) is 64.6 Å². The minimum Gasteiger partial charge on any atom is -0.462 e. The number of rotatable bonds is 8. The van der Waals surface area contributed by atoms with E-state index in [0.717, 1.165) is 23.4 Å². The number of cyclic esters (lactones) is 1. The summed E-state index contributed by atoms with van der Waals surface area (Å²) >= 11 is 1.37. The maximum absolute atomic E-state index is 13.3. The van der Waals surface area contributed by atoms with E-state index < -0.39 is 29.6 Å². The third kappa shape index (κ3) is 5.71. The van der Waals surface area contributed by atoms with Gasteiger partial charge in [0, 0.05) is 15.8 Å². The van der Waals surface area contributed by atoms with E-state index in [1.54, 1.807) is 13.0 Å².